The zero-order valence-corrected chi connectivity index (χ0v) is 18.3. The van der Waals surface area contributed by atoms with Gasteiger partial charge in [-0.1, -0.05) is 0 Å². The lowest BCUT2D eigenvalue weighted by Gasteiger charge is -2.15. The lowest BCUT2D eigenvalue weighted by Crippen LogP contribution is -2.17. The Labute approximate surface area is 182 Å². The van der Waals surface area contributed by atoms with Gasteiger partial charge in [-0.3, -0.25) is 14.9 Å². The van der Waals surface area contributed by atoms with Gasteiger partial charge in [0.2, 0.25) is 11.5 Å². The van der Waals surface area contributed by atoms with Crippen molar-refractivity contribution in [1.29, 1.82) is 0 Å². The van der Waals surface area contributed by atoms with Crippen molar-refractivity contribution in [2.75, 3.05) is 33.3 Å². The van der Waals surface area contributed by atoms with Crippen LogP contribution >= 0.6 is 11.3 Å². The number of thiophene rings is 1. The molecule has 0 bridgehead atoms. The molecule has 0 atom stereocenters. The summed E-state index contributed by atoms with van der Waals surface area (Å²) < 4.78 is 20.7. The molecule has 1 aromatic heterocycles. The number of carbonyl (C=O) groups excluding carboxylic acids is 2. The van der Waals surface area contributed by atoms with Crippen molar-refractivity contribution in [3.63, 3.8) is 0 Å². The van der Waals surface area contributed by atoms with Crippen LogP contribution in [-0.2, 0) is 4.74 Å². The molecule has 0 unspecified atom stereocenters. The molecule has 1 N–H and O–H groups in total. The molecule has 1 aromatic carbocycles. The van der Waals surface area contributed by atoms with Gasteiger partial charge < -0.3 is 24.3 Å². The molecule has 1 saturated carbocycles. The number of nitrogens with zero attached hydrogens (tertiary/aromatic N) is 1. The minimum absolute atomic E-state index is 0.00685. The summed E-state index contributed by atoms with van der Waals surface area (Å²) in [4.78, 5) is 36.7. The van der Waals surface area contributed by atoms with E-state index in [4.69, 9.17) is 18.9 Å². The van der Waals surface area contributed by atoms with Crippen LogP contribution in [0.25, 0.3) is 0 Å². The van der Waals surface area contributed by atoms with Gasteiger partial charge in [-0.2, -0.15) is 0 Å². The highest BCUT2D eigenvalue weighted by Crippen LogP contribution is 2.48. The number of methoxy groups -OCH3 is 3. The molecule has 31 heavy (non-hydrogen) atoms. The Bertz CT molecular complexity index is 1030. The van der Waals surface area contributed by atoms with Crippen molar-refractivity contribution in [3.05, 3.63) is 38.3 Å². The number of nitro groups is 1. The zero-order chi connectivity index (χ0) is 22.7. The van der Waals surface area contributed by atoms with Crippen LogP contribution < -0.4 is 19.5 Å². The fourth-order valence-electron chi connectivity index (χ4n) is 3.24. The van der Waals surface area contributed by atoms with E-state index in [-0.39, 0.29) is 45.9 Å². The quantitative estimate of drug-likeness (QED) is 0.345. The smallest absolute Gasteiger partial charge is 0.341 e. The molecule has 1 heterocycles. The average molecular weight is 450 g/mol. The number of carbonyl (C=O) groups is 2. The first-order valence-corrected chi connectivity index (χ1v) is 10.3. The molecule has 3 rings (SSSR count). The van der Waals surface area contributed by atoms with Crippen molar-refractivity contribution in [3.8, 4) is 17.2 Å². The summed E-state index contributed by atoms with van der Waals surface area (Å²) >= 11 is 1.17. The number of rotatable bonds is 9. The first kappa shape index (κ1) is 22.3. The largest absolute Gasteiger partial charge is 0.493 e. The third kappa shape index (κ3) is 4.26. The van der Waals surface area contributed by atoms with Gasteiger partial charge in [-0.15, -0.1) is 11.3 Å². The SMILES string of the molecule is CCOC(=O)c1c(C2CC2)csc1NC(=O)c1cc(OC)c(OC)c(OC)c1[N+](=O)[O-]. The highest BCUT2D eigenvalue weighted by atomic mass is 32.1. The standard InChI is InChI=1S/C20H22N2O8S/c1-5-30-20(24)14-12(10-6-7-10)9-31-19(14)21-18(23)11-8-13(27-2)16(28-3)17(29-4)15(11)22(25)26/h8-10H,5-7H2,1-4H3,(H,21,23). The van der Waals surface area contributed by atoms with E-state index in [1.54, 1.807) is 6.92 Å². The summed E-state index contributed by atoms with van der Waals surface area (Å²) in [5.74, 6) is -1.25. The molecule has 1 fully saturated rings. The van der Waals surface area contributed by atoms with Crippen LogP contribution in [0.2, 0.25) is 0 Å². The average Bonchev–Trinajstić information content (AvgIpc) is 3.51. The van der Waals surface area contributed by atoms with E-state index >= 15 is 0 Å². The molecule has 166 valence electrons. The second kappa shape index (κ2) is 9.21. The highest BCUT2D eigenvalue weighted by Gasteiger charge is 2.35. The van der Waals surface area contributed by atoms with Gasteiger partial charge >= 0.3 is 11.7 Å². The third-order valence-electron chi connectivity index (χ3n) is 4.77. The van der Waals surface area contributed by atoms with Gasteiger partial charge in [0.05, 0.1) is 38.4 Å². The van der Waals surface area contributed by atoms with Crippen molar-refractivity contribution in [2.24, 2.45) is 0 Å². The second-order valence-electron chi connectivity index (χ2n) is 6.64. The van der Waals surface area contributed by atoms with Crippen LogP contribution in [0, 0.1) is 10.1 Å². The summed E-state index contributed by atoms with van der Waals surface area (Å²) in [6, 6.07) is 1.20. The Kier molecular flexibility index (Phi) is 6.64. The molecule has 0 radical (unpaired) electrons. The van der Waals surface area contributed by atoms with Crippen molar-refractivity contribution in [2.45, 2.75) is 25.7 Å². The maximum Gasteiger partial charge on any atom is 0.341 e. The number of nitro benzene ring substituents is 1. The number of esters is 1. The van der Waals surface area contributed by atoms with E-state index in [1.807, 2.05) is 5.38 Å². The fraction of sp³-hybridized carbons (Fsp3) is 0.400. The van der Waals surface area contributed by atoms with Gasteiger partial charge in [0.1, 0.15) is 10.6 Å². The predicted octanol–water partition coefficient (Wildman–Crippen LogP) is 3.99. The van der Waals surface area contributed by atoms with Gasteiger partial charge in [-0.05, 0) is 36.6 Å². The monoisotopic (exact) mass is 450 g/mol. The van der Waals surface area contributed by atoms with E-state index in [9.17, 15) is 19.7 Å². The molecule has 10 nitrogen and oxygen atoms in total. The first-order chi connectivity index (χ1) is 14.9. The number of benzene rings is 1. The Balaban J connectivity index is 2.07. The summed E-state index contributed by atoms with van der Waals surface area (Å²) in [7, 11) is 3.87. The maximum absolute atomic E-state index is 13.1. The second-order valence-corrected chi connectivity index (χ2v) is 7.52. The Morgan fingerprint density at radius 2 is 1.87 bits per heavy atom. The predicted molar refractivity (Wildman–Crippen MR) is 113 cm³/mol. The first-order valence-electron chi connectivity index (χ1n) is 9.45. The molecule has 0 saturated heterocycles. The summed E-state index contributed by atoms with van der Waals surface area (Å²) in [5, 5.41) is 16.5. The van der Waals surface area contributed by atoms with Crippen LogP contribution in [0.1, 0.15) is 52.0 Å². The van der Waals surface area contributed by atoms with Crippen molar-refractivity contribution >= 4 is 33.9 Å². The van der Waals surface area contributed by atoms with Crippen LogP contribution in [0.4, 0.5) is 10.7 Å². The zero-order valence-electron chi connectivity index (χ0n) is 17.5. The molecule has 0 aliphatic heterocycles. The summed E-state index contributed by atoms with van der Waals surface area (Å²) in [5.41, 5.74) is 0.237. The Morgan fingerprint density at radius 1 is 1.19 bits per heavy atom. The molecule has 1 aliphatic rings. The lowest BCUT2D eigenvalue weighted by molar-refractivity contribution is -0.386. The fourth-order valence-corrected chi connectivity index (χ4v) is 4.26. The lowest BCUT2D eigenvalue weighted by atomic mass is 10.1. The van der Waals surface area contributed by atoms with Crippen LogP contribution in [0.15, 0.2) is 11.4 Å². The summed E-state index contributed by atoms with van der Waals surface area (Å²) in [6.07, 6.45) is 1.91. The third-order valence-corrected chi connectivity index (χ3v) is 5.69. The molecule has 11 heteroatoms. The van der Waals surface area contributed by atoms with Gasteiger partial charge in [0, 0.05) is 6.07 Å². The van der Waals surface area contributed by atoms with E-state index < -0.39 is 22.5 Å². The Hall–Kier alpha value is -3.34. The number of amides is 1. The van der Waals surface area contributed by atoms with Crippen LogP contribution in [0.3, 0.4) is 0 Å². The summed E-state index contributed by atoms with van der Waals surface area (Å²) in [6.45, 7) is 1.88. The molecule has 2 aromatic rings. The van der Waals surface area contributed by atoms with Crippen LogP contribution in [-0.4, -0.2) is 44.7 Å². The maximum atomic E-state index is 13.1. The van der Waals surface area contributed by atoms with Crippen molar-refractivity contribution < 1.29 is 33.5 Å². The van der Waals surface area contributed by atoms with E-state index in [2.05, 4.69) is 5.32 Å². The molecule has 1 amide bonds. The van der Waals surface area contributed by atoms with Crippen molar-refractivity contribution in [1.82, 2.24) is 0 Å². The topological polar surface area (TPSA) is 126 Å². The minimum Gasteiger partial charge on any atom is -0.493 e. The minimum atomic E-state index is -0.791. The number of hydrogen-bond donors (Lipinski definition) is 1. The van der Waals surface area contributed by atoms with E-state index in [0.29, 0.717) is 0 Å². The number of nitrogens with one attached hydrogen (secondary N) is 1. The number of hydrogen-bond acceptors (Lipinski definition) is 9. The number of anilines is 1. The number of ether oxygens (including phenoxy) is 4. The normalized spacial score (nSPS) is 12.8. The molecular weight excluding hydrogens is 428 g/mol. The van der Waals surface area contributed by atoms with E-state index in [1.165, 1.54) is 38.7 Å². The highest BCUT2D eigenvalue weighted by molar-refractivity contribution is 7.15. The van der Waals surface area contributed by atoms with Gasteiger partial charge in [0.25, 0.3) is 5.91 Å². The molecule has 0 spiro atoms. The van der Waals surface area contributed by atoms with Crippen LogP contribution in [0.5, 0.6) is 17.2 Å². The molecular formula is C20H22N2O8S. The molecule has 1 aliphatic carbocycles. The van der Waals surface area contributed by atoms with E-state index in [0.717, 1.165) is 18.4 Å². The van der Waals surface area contributed by atoms with Gasteiger partial charge in [0.15, 0.2) is 5.75 Å². The van der Waals surface area contributed by atoms with Gasteiger partial charge in [-0.25, -0.2) is 4.79 Å². The Morgan fingerprint density at radius 3 is 2.39 bits per heavy atom.